The lowest BCUT2D eigenvalue weighted by Gasteiger charge is -2.34. The molecule has 1 heterocycles. The van der Waals surface area contributed by atoms with Crippen molar-refractivity contribution in [1.82, 2.24) is 20.0 Å². The molecule has 7 nitrogen and oxygen atoms in total. The van der Waals surface area contributed by atoms with Gasteiger partial charge in [0.05, 0.1) is 6.54 Å². The molecule has 0 aliphatic carbocycles. The van der Waals surface area contributed by atoms with Gasteiger partial charge in [0.15, 0.2) is 0 Å². The van der Waals surface area contributed by atoms with Crippen molar-refractivity contribution in [3.8, 4) is 0 Å². The van der Waals surface area contributed by atoms with E-state index in [1.54, 1.807) is 9.80 Å². The number of rotatable bonds is 8. The molecule has 1 aliphatic rings. The van der Waals surface area contributed by atoms with Crippen LogP contribution in [0.1, 0.15) is 39.2 Å². The number of carbonyl (C=O) groups excluding carboxylic acids is 3. The average Bonchev–Trinajstić information content (AvgIpc) is 2.77. The van der Waals surface area contributed by atoms with Gasteiger partial charge in [0, 0.05) is 45.2 Å². The van der Waals surface area contributed by atoms with Crippen LogP contribution in [0.15, 0.2) is 30.3 Å². The number of likely N-dealkylation sites (tertiary alicyclic amines) is 1. The number of amides is 4. The van der Waals surface area contributed by atoms with Crippen LogP contribution in [0.4, 0.5) is 4.79 Å². The smallest absolute Gasteiger partial charge is 0.319 e. The molecule has 1 saturated heterocycles. The van der Waals surface area contributed by atoms with E-state index in [1.807, 2.05) is 56.0 Å². The molecule has 0 unspecified atom stereocenters. The minimum absolute atomic E-state index is 0.0120. The highest BCUT2D eigenvalue weighted by atomic mass is 16.2. The SMILES string of the molecule is CCN(Cc1ccccc1)C(=O)CNC(=O)C1CCN(C(=O)N(CC)CC)CC1. The van der Waals surface area contributed by atoms with E-state index in [-0.39, 0.29) is 30.3 Å². The van der Waals surface area contributed by atoms with Crippen LogP contribution in [0.3, 0.4) is 0 Å². The van der Waals surface area contributed by atoms with Crippen LogP contribution in [0.2, 0.25) is 0 Å². The zero-order valence-electron chi connectivity index (χ0n) is 17.9. The second-order valence-corrected chi connectivity index (χ2v) is 7.33. The molecule has 0 aromatic heterocycles. The van der Waals surface area contributed by atoms with Gasteiger partial charge in [0.2, 0.25) is 11.8 Å². The van der Waals surface area contributed by atoms with Gasteiger partial charge in [-0.05, 0) is 39.2 Å². The van der Waals surface area contributed by atoms with E-state index in [4.69, 9.17) is 0 Å². The largest absolute Gasteiger partial charge is 0.347 e. The summed E-state index contributed by atoms with van der Waals surface area (Å²) in [5.41, 5.74) is 1.07. The first-order valence-corrected chi connectivity index (χ1v) is 10.6. The fourth-order valence-corrected chi connectivity index (χ4v) is 3.63. The normalized spacial score (nSPS) is 14.4. The topological polar surface area (TPSA) is 73.0 Å². The van der Waals surface area contributed by atoms with Gasteiger partial charge in [0.25, 0.3) is 0 Å². The molecule has 0 atom stereocenters. The van der Waals surface area contributed by atoms with Crippen molar-refractivity contribution in [3.05, 3.63) is 35.9 Å². The summed E-state index contributed by atoms with van der Waals surface area (Å²) in [6, 6.07) is 9.87. The molecule has 29 heavy (non-hydrogen) atoms. The standard InChI is InChI=1S/C22H34N4O3/c1-4-24(5-2)22(29)26-14-12-19(13-15-26)21(28)23-16-20(27)25(6-3)17-18-10-8-7-9-11-18/h7-11,19H,4-6,12-17H2,1-3H3,(H,23,28). The number of likely N-dealkylation sites (N-methyl/N-ethyl adjacent to an activating group) is 1. The van der Waals surface area contributed by atoms with Gasteiger partial charge in [-0.2, -0.15) is 0 Å². The van der Waals surface area contributed by atoms with Gasteiger partial charge >= 0.3 is 6.03 Å². The summed E-state index contributed by atoms with van der Waals surface area (Å²) in [5, 5.41) is 2.80. The Kier molecular flexibility index (Phi) is 8.96. The molecule has 0 radical (unpaired) electrons. The maximum atomic E-state index is 12.5. The van der Waals surface area contributed by atoms with E-state index in [0.29, 0.717) is 52.1 Å². The van der Waals surface area contributed by atoms with Crippen molar-refractivity contribution < 1.29 is 14.4 Å². The summed E-state index contributed by atoms with van der Waals surface area (Å²) >= 11 is 0. The second-order valence-electron chi connectivity index (χ2n) is 7.33. The lowest BCUT2D eigenvalue weighted by Crippen LogP contribution is -2.49. The van der Waals surface area contributed by atoms with E-state index in [1.165, 1.54) is 0 Å². The van der Waals surface area contributed by atoms with Crippen molar-refractivity contribution in [2.24, 2.45) is 5.92 Å². The van der Waals surface area contributed by atoms with Gasteiger partial charge in [-0.15, -0.1) is 0 Å². The fourth-order valence-electron chi connectivity index (χ4n) is 3.63. The Morgan fingerprint density at radius 2 is 1.55 bits per heavy atom. The molecule has 1 aromatic rings. The quantitative estimate of drug-likeness (QED) is 0.725. The molecule has 0 bridgehead atoms. The molecule has 0 spiro atoms. The van der Waals surface area contributed by atoms with Crippen LogP contribution in [-0.4, -0.2) is 71.8 Å². The first kappa shape index (κ1) is 22.7. The van der Waals surface area contributed by atoms with Crippen LogP contribution < -0.4 is 5.32 Å². The maximum absolute atomic E-state index is 12.5. The van der Waals surface area contributed by atoms with E-state index in [0.717, 1.165) is 5.56 Å². The Labute approximate surface area is 174 Å². The number of benzene rings is 1. The lowest BCUT2D eigenvalue weighted by atomic mass is 9.96. The van der Waals surface area contributed by atoms with Gasteiger partial charge in [-0.1, -0.05) is 30.3 Å². The molecule has 4 amide bonds. The molecule has 0 saturated carbocycles. The highest BCUT2D eigenvalue weighted by Gasteiger charge is 2.29. The highest BCUT2D eigenvalue weighted by Crippen LogP contribution is 2.18. The van der Waals surface area contributed by atoms with Crippen LogP contribution >= 0.6 is 0 Å². The van der Waals surface area contributed by atoms with Crippen molar-refractivity contribution in [2.45, 2.75) is 40.2 Å². The molecule has 7 heteroatoms. The minimum Gasteiger partial charge on any atom is -0.347 e. The Morgan fingerprint density at radius 3 is 2.10 bits per heavy atom. The third-order valence-electron chi connectivity index (χ3n) is 5.53. The summed E-state index contributed by atoms with van der Waals surface area (Å²) in [7, 11) is 0. The molecule has 1 N–H and O–H groups in total. The zero-order valence-corrected chi connectivity index (χ0v) is 17.9. The third kappa shape index (κ3) is 6.48. The number of hydrogen-bond acceptors (Lipinski definition) is 3. The van der Waals surface area contributed by atoms with Crippen molar-refractivity contribution in [1.29, 1.82) is 0 Å². The van der Waals surface area contributed by atoms with Crippen LogP contribution in [0.5, 0.6) is 0 Å². The van der Waals surface area contributed by atoms with Crippen molar-refractivity contribution >= 4 is 17.8 Å². The fraction of sp³-hybridized carbons (Fsp3) is 0.591. The first-order chi connectivity index (χ1) is 14.0. The zero-order chi connectivity index (χ0) is 21.2. The monoisotopic (exact) mass is 402 g/mol. The molecule has 1 fully saturated rings. The maximum Gasteiger partial charge on any atom is 0.319 e. The second kappa shape index (κ2) is 11.4. The minimum atomic E-state index is -0.146. The van der Waals surface area contributed by atoms with Crippen LogP contribution in [-0.2, 0) is 16.1 Å². The van der Waals surface area contributed by atoms with E-state index in [2.05, 4.69) is 5.32 Å². The highest BCUT2D eigenvalue weighted by molar-refractivity contribution is 5.86. The molecular formula is C22H34N4O3. The number of piperidine rings is 1. The Hall–Kier alpha value is -2.57. The van der Waals surface area contributed by atoms with Crippen molar-refractivity contribution in [2.75, 3.05) is 39.3 Å². The summed E-state index contributed by atoms with van der Waals surface area (Å²) < 4.78 is 0. The number of nitrogens with one attached hydrogen (secondary N) is 1. The van der Waals surface area contributed by atoms with E-state index in [9.17, 15) is 14.4 Å². The molecule has 160 valence electrons. The van der Waals surface area contributed by atoms with Crippen LogP contribution in [0, 0.1) is 5.92 Å². The molecular weight excluding hydrogens is 368 g/mol. The summed E-state index contributed by atoms with van der Waals surface area (Å²) in [6.07, 6.45) is 1.27. The number of nitrogens with zero attached hydrogens (tertiary/aromatic N) is 3. The summed E-state index contributed by atoms with van der Waals surface area (Å²) in [4.78, 5) is 42.8. The first-order valence-electron chi connectivity index (χ1n) is 10.6. The van der Waals surface area contributed by atoms with Gasteiger partial charge in [-0.3, -0.25) is 9.59 Å². The van der Waals surface area contributed by atoms with Crippen molar-refractivity contribution in [3.63, 3.8) is 0 Å². The number of hydrogen-bond donors (Lipinski definition) is 1. The Morgan fingerprint density at radius 1 is 0.966 bits per heavy atom. The summed E-state index contributed by atoms with van der Waals surface area (Å²) in [6.45, 7) is 9.55. The average molecular weight is 403 g/mol. The van der Waals surface area contributed by atoms with E-state index >= 15 is 0 Å². The van der Waals surface area contributed by atoms with Gasteiger partial charge in [-0.25, -0.2) is 4.79 Å². The molecule has 2 rings (SSSR count). The lowest BCUT2D eigenvalue weighted by molar-refractivity contribution is -0.134. The molecule has 1 aliphatic heterocycles. The number of urea groups is 1. The predicted octanol–water partition coefficient (Wildman–Crippen LogP) is 2.33. The summed E-state index contributed by atoms with van der Waals surface area (Å²) in [5.74, 6) is -0.323. The number of carbonyl (C=O) groups is 3. The predicted molar refractivity (Wildman–Crippen MR) is 113 cm³/mol. The third-order valence-corrected chi connectivity index (χ3v) is 5.53. The van der Waals surface area contributed by atoms with Gasteiger partial charge < -0.3 is 20.0 Å². The van der Waals surface area contributed by atoms with E-state index < -0.39 is 0 Å². The Bertz CT molecular complexity index is 668. The molecule has 1 aromatic carbocycles. The van der Waals surface area contributed by atoms with Crippen LogP contribution in [0.25, 0.3) is 0 Å². The van der Waals surface area contributed by atoms with Gasteiger partial charge in [0.1, 0.15) is 0 Å². The Balaban J connectivity index is 1.77.